The molecule has 1 saturated heterocycles. The highest BCUT2D eigenvalue weighted by Gasteiger charge is 2.37. The van der Waals surface area contributed by atoms with Crippen LogP contribution < -0.4 is 0 Å². The van der Waals surface area contributed by atoms with E-state index in [1.165, 1.54) is 23.1 Å². The fourth-order valence-corrected chi connectivity index (χ4v) is 5.89. The summed E-state index contributed by atoms with van der Waals surface area (Å²) in [6.07, 6.45) is 0.269. The van der Waals surface area contributed by atoms with Crippen LogP contribution in [0.3, 0.4) is 0 Å². The van der Waals surface area contributed by atoms with Crippen molar-refractivity contribution in [2.75, 3.05) is 11.5 Å². The first kappa shape index (κ1) is 21.2. The van der Waals surface area contributed by atoms with Gasteiger partial charge in [-0.3, -0.25) is 4.79 Å². The highest BCUT2D eigenvalue weighted by molar-refractivity contribution is 7.91. The first-order chi connectivity index (χ1) is 14.2. The number of sulfone groups is 1. The van der Waals surface area contributed by atoms with Gasteiger partial charge in [0.2, 0.25) is 0 Å². The first-order valence-electron chi connectivity index (χ1n) is 9.29. The number of carbonyl (C=O) groups excluding carboxylic acids is 1. The third-order valence-corrected chi connectivity index (χ3v) is 7.73. The molecule has 2 aromatic carbocycles. The van der Waals surface area contributed by atoms with Gasteiger partial charge in [0, 0.05) is 32.6 Å². The van der Waals surface area contributed by atoms with Gasteiger partial charge in [-0.15, -0.1) is 0 Å². The highest BCUT2D eigenvalue weighted by atomic mass is 35.5. The fourth-order valence-electron chi connectivity index (χ4n) is 3.77. The van der Waals surface area contributed by atoms with Crippen LogP contribution in [-0.2, 0) is 16.4 Å². The van der Waals surface area contributed by atoms with Crippen LogP contribution in [0.25, 0.3) is 11.0 Å². The molecule has 1 atom stereocenters. The van der Waals surface area contributed by atoms with Crippen LogP contribution in [0, 0.1) is 12.7 Å². The van der Waals surface area contributed by atoms with E-state index in [2.05, 4.69) is 0 Å². The molecule has 4 rings (SSSR count). The summed E-state index contributed by atoms with van der Waals surface area (Å²) in [5.74, 6) is -1.21. The van der Waals surface area contributed by atoms with Crippen LogP contribution in [0.1, 0.15) is 28.1 Å². The summed E-state index contributed by atoms with van der Waals surface area (Å²) >= 11 is 12.2. The monoisotopic (exact) mass is 469 g/mol. The Morgan fingerprint density at radius 2 is 2.03 bits per heavy atom. The van der Waals surface area contributed by atoms with Crippen LogP contribution in [0.2, 0.25) is 10.0 Å². The molecule has 3 aromatic rings. The third-order valence-electron chi connectivity index (χ3n) is 5.39. The Balaban J connectivity index is 1.77. The van der Waals surface area contributed by atoms with E-state index in [0.717, 1.165) is 0 Å². The van der Waals surface area contributed by atoms with Crippen LogP contribution in [0.4, 0.5) is 4.39 Å². The highest BCUT2D eigenvalue weighted by Crippen LogP contribution is 2.32. The summed E-state index contributed by atoms with van der Waals surface area (Å²) in [5, 5.41) is 1.36. The lowest BCUT2D eigenvalue weighted by molar-refractivity contribution is 0.0647. The summed E-state index contributed by atoms with van der Waals surface area (Å²) in [6, 6.07) is 8.67. The SMILES string of the molecule is Cc1c(C(=O)N(Cc2c(F)cccc2Cl)[C@@H]2CCS(=O)(=O)C2)oc2ccc(Cl)cc12. The average molecular weight is 470 g/mol. The summed E-state index contributed by atoms with van der Waals surface area (Å²) in [7, 11) is -3.28. The van der Waals surface area contributed by atoms with Crippen molar-refractivity contribution in [1.82, 2.24) is 4.90 Å². The number of fused-ring (bicyclic) bond motifs is 1. The zero-order valence-corrected chi connectivity index (χ0v) is 18.3. The van der Waals surface area contributed by atoms with E-state index in [-0.39, 0.29) is 40.8 Å². The van der Waals surface area contributed by atoms with Crippen LogP contribution in [0.5, 0.6) is 0 Å². The van der Waals surface area contributed by atoms with Crippen molar-refractivity contribution in [3.8, 4) is 0 Å². The Hall–Kier alpha value is -2.09. The van der Waals surface area contributed by atoms with E-state index < -0.39 is 27.6 Å². The number of halogens is 3. The van der Waals surface area contributed by atoms with Crippen molar-refractivity contribution < 1.29 is 22.0 Å². The van der Waals surface area contributed by atoms with E-state index in [1.54, 1.807) is 25.1 Å². The van der Waals surface area contributed by atoms with Crippen molar-refractivity contribution in [2.24, 2.45) is 0 Å². The average Bonchev–Trinajstić information content (AvgIpc) is 3.20. The summed E-state index contributed by atoms with van der Waals surface area (Å²) in [5.41, 5.74) is 1.21. The number of furan rings is 1. The molecule has 1 aliphatic heterocycles. The number of hydrogen-bond acceptors (Lipinski definition) is 4. The molecule has 0 aliphatic carbocycles. The predicted molar refractivity (Wildman–Crippen MR) is 114 cm³/mol. The maximum absolute atomic E-state index is 14.4. The molecule has 1 fully saturated rings. The molecule has 0 bridgehead atoms. The summed E-state index contributed by atoms with van der Waals surface area (Å²) in [4.78, 5) is 14.8. The zero-order valence-electron chi connectivity index (χ0n) is 16.0. The van der Waals surface area contributed by atoms with Crippen LogP contribution in [-0.4, -0.2) is 36.8 Å². The van der Waals surface area contributed by atoms with E-state index in [1.807, 2.05) is 0 Å². The van der Waals surface area contributed by atoms with E-state index in [0.29, 0.717) is 21.6 Å². The van der Waals surface area contributed by atoms with Crippen LogP contribution in [0.15, 0.2) is 40.8 Å². The second-order valence-corrected chi connectivity index (χ2v) is 10.5. The molecular formula is C21H18Cl2FNO4S. The van der Waals surface area contributed by atoms with Gasteiger partial charge in [-0.2, -0.15) is 0 Å². The number of nitrogens with zero attached hydrogens (tertiary/aromatic N) is 1. The summed E-state index contributed by atoms with van der Waals surface area (Å²) < 4.78 is 44.3. The zero-order chi connectivity index (χ0) is 21.6. The molecule has 1 aromatic heterocycles. The lowest BCUT2D eigenvalue weighted by atomic mass is 10.1. The minimum absolute atomic E-state index is 0.0266. The van der Waals surface area contributed by atoms with Crippen molar-refractivity contribution in [2.45, 2.75) is 25.9 Å². The molecule has 1 amide bonds. The normalized spacial score (nSPS) is 18.1. The first-order valence-corrected chi connectivity index (χ1v) is 11.9. The van der Waals surface area contributed by atoms with Gasteiger partial charge >= 0.3 is 0 Å². The van der Waals surface area contributed by atoms with Crippen LogP contribution >= 0.6 is 23.2 Å². The van der Waals surface area contributed by atoms with E-state index >= 15 is 0 Å². The molecule has 1 aliphatic rings. The minimum Gasteiger partial charge on any atom is -0.451 e. The van der Waals surface area contributed by atoms with E-state index in [9.17, 15) is 17.6 Å². The second-order valence-electron chi connectivity index (χ2n) is 7.39. The lowest BCUT2D eigenvalue weighted by Gasteiger charge is -2.28. The van der Waals surface area contributed by atoms with Crippen molar-refractivity contribution >= 4 is 49.9 Å². The smallest absolute Gasteiger partial charge is 0.290 e. The number of amides is 1. The Morgan fingerprint density at radius 3 is 2.70 bits per heavy atom. The Kier molecular flexibility index (Phi) is 5.55. The molecule has 0 saturated carbocycles. The third kappa shape index (κ3) is 3.94. The van der Waals surface area contributed by atoms with Gasteiger partial charge in [0.05, 0.1) is 18.1 Å². The van der Waals surface area contributed by atoms with Crippen molar-refractivity contribution in [3.63, 3.8) is 0 Å². The summed E-state index contributed by atoms with van der Waals surface area (Å²) in [6.45, 7) is 1.57. The predicted octanol–water partition coefficient (Wildman–Crippen LogP) is 5.02. The van der Waals surface area contributed by atoms with Gasteiger partial charge in [0.25, 0.3) is 5.91 Å². The quantitative estimate of drug-likeness (QED) is 0.537. The molecule has 30 heavy (non-hydrogen) atoms. The Morgan fingerprint density at radius 1 is 1.27 bits per heavy atom. The maximum Gasteiger partial charge on any atom is 0.290 e. The molecule has 158 valence electrons. The number of carbonyl (C=O) groups is 1. The number of benzene rings is 2. The molecule has 5 nitrogen and oxygen atoms in total. The molecular weight excluding hydrogens is 452 g/mol. The topological polar surface area (TPSA) is 67.6 Å². The molecule has 0 unspecified atom stereocenters. The number of aryl methyl sites for hydroxylation is 1. The number of rotatable bonds is 4. The van der Waals surface area contributed by atoms with Gasteiger partial charge in [0.15, 0.2) is 15.6 Å². The Labute approximate surface area is 183 Å². The molecule has 0 spiro atoms. The lowest BCUT2D eigenvalue weighted by Crippen LogP contribution is -2.41. The largest absolute Gasteiger partial charge is 0.451 e. The van der Waals surface area contributed by atoms with Crippen molar-refractivity contribution in [1.29, 1.82) is 0 Å². The fraction of sp³-hybridized carbons (Fsp3) is 0.286. The van der Waals surface area contributed by atoms with Gasteiger partial charge in [-0.1, -0.05) is 29.3 Å². The minimum atomic E-state index is -3.28. The molecule has 0 radical (unpaired) electrons. The van der Waals surface area contributed by atoms with Gasteiger partial charge in [-0.05, 0) is 43.7 Å². The standard InChI is InChI=1S/C21H18Cl2FNO4S/c1-12-15-9-13(22)5-6-19(15)29-20(12)21(26)25(14-7-8-30(27,28)11-14)10-16-17(23)3-2-4-18(16)24/h2-6,9,14H,7-8,10-11H2,1H3/t14-/m1/s1. The van der Waals surface area contributed by atoms with Gasteiger partial charge in [0.1, 0.15) is 11.4 Å². The second kappa shape index (κ2) is 7.87. The van der Waals surface area contributed by atoms with E-state index in [4.69, 9.17) is 27.6 Å². The molecule has 2 heterocycles. The van der Waals surface area contributed by atoms with Gasteiger partial charge in [-0.25, -0.2) is 12.8 Å². The number of hydrogen-bond donors (Lipinski definition) is 0. The maximum atomic E-state index is 14.4. The Bertz CT molecular complexity index is 1240. The van der Waals surface area contributed by atoms with Gasteiger partial charge < -0.3 is 9.32 Å². The van der Waals surface area contributed by atoms with Crippen molar-refractivity contribution in [3.05, 3.63) is 69.1 Å². The molecule has 9 heteroatoms. The molecule has 0 N–H and O–H groups in total.